The number of hydrogen-bond donors (Lipinski definition) is 0. The average Bonchev–Trinajstić information content (AvgIpc) is 3.14. The van der Waals surface area contributed by atoms with Gasteiger partial charge >= 0.3 is 5.97 Å². The van der Waals surface area contributed by atoms with E-state index in [2.05, 4.69) is 27.0 Å². The van der Waals surface area contributed by atoms with Crippen molar-refractivity contribution in [3.8, 4) is 0 Å². The van der Waals surface area contributed by atoms with Gasteiger partial charge in [-0.2, -0.15) is 4.99 Å². The number of para-hydroxylation sites is 1. The number of ether oxygens (including phenoxy) is 1. The molecule has 0 spiro atoms. The number of halogens is 1. The maximum atomic E-state index is 12.8. The summed E-state index contributed by atoms with van der Waals surface area (Å²) < 4.78 is 8.58. The lowest BCUT2D eigenvalue weighted by atomic mass is 10.0. The van der Waals surface area contributed by atoms with Crippen molar-refractivity contribution >= 4 is 72.7 Å². The molecule has 0 N–H and O–H groups in total. The molecule has 1 aromatic heterocycles. The third-order valence-electron chi connectivity index (χ3n) is 5.32. The highest BCUT2D eigenvalue weighted by Crippen LogP contribution is 2.27. The number of esters is 1. The van der Waals surface area contributed by atoms with Crippen LogP contribution in [0.3, 0.4) is 0 Å². The Bertz CT molecular complexity index is 1300. The molecule has 0 saturated carbocycles. The van der Waals surface area contributed by atoms with E-state index in [0.29, 0.717) is 11.3 Å². The van der Waals surface area contributed by atoms with Crippen molar-refractivity contribution in [3.05, 3.63) is 57.3 Å². The van der Waals surface area contributed by atoms with Gasteiger partial charge in [-0.25, -0.2) is 0 Å². The van der Waals surface area contributed by atoms with Crippen LogP contribution in [0.25, 0.3) is 10.2 Å². The Labute approximate surface area is 213 Å². The van der Waals surface area contributed by atoms with Gasteiger partial charge in [-0.15, -0.1) is 11.8 Å². The number of benzene rings is 2. The number of amides is 2. The third kappa shape index (κ3) is 5.79. The smallest absolute Gasteiger partial charge is 0.326 e. The number of thiazole rings is 1. The van der Waals surface area contributed by atoms with Gasteiger partial charge in [0.25, 0.3) is 5.91 Å². The van der Waals surface area contributed by atoms with Crippen LogP contribution in [0.15, 0.2) is 51.9 Å². The Morgan fingerprint density at radius 2 is 2.00 bits per heavy atom. The Morgan fingerprint density at radius 1 is 1.18 bits per heavy atom. The van der Waals surface area contributed by atoms with Crippen molar-refractivity contribution in [2.24, 2.45) is 4.99 Å². The van der Waals surface area contributed by atoms with E-state index in [1.165, 1.54) is 28.7 Å². The largest absolute Gasteiger partial charge is 0.465 e. The number of aryl methyl sites for hydroxylation is 1. The molecule has 0 unspecified atom stereocenters. The zero-order valence-electron chi connectivity index (χ0n) is 18.7. The molecular weight excluding hydrogens is 538 g/mol. The molecule has 0 fully saturated rings. The fraction of sp³-hybridized carbons (Fsp3) is 0.333. The van der Waals surface area contributed by atoms with Gasteiger partial charge in [0.15, 0.2) is 4.80 Å². The zero-order chi connectivity index (χ0) is 24.1. The second-order valence-corrected chi connectivity index (χ2v) is 10.6. The number of fused-ring (bicyclic) bond motifs is 2. The lowest BCUT2D eigenvalue weighted by Gasteiger charge is -2.29. The predicted octanol–water partition coefficient (Wildman–Crippen LogP) is 4.17. The van der Waals surface area contributed by atoms with E-state index < -0.39 is 0 Å². The van der Waals surface area contributed by atoms with Crippen molar-refractivity contribution < 1.29 is 19.1 Å². The van der Waals surface area contributed by atoms with E-state index in [0.717, 1.165) is 33.2 Å². The number of aromatic nitrogens is 1. The van der Waals surface area contributed by atoms with Crippen molar-refractivity contribution in [2.45, 2.75) is 26.3 Å². The first-order valence-electron chi connectivity index (χ1n) is 10.9. The Balaban J connectivity index is 1.45. The lowest BCUT2D eigenvalue weighted by Crippen LogP contribution is -2.36. The molecule has 2 heterocycles. The van der Waals surface area contributed by atoms with Gasteiger partial charge in [0.05, 0.1) is 28.3 Å². The maximum absolute atomic E-state index is 12.8. The van der Waals surface area contributed by atoms with Gasteiger partial charge in [0.1, 0.15) is 6.54 Å². The van der Waals surface area contributed by atoms with Crippen LogP contribution >= 0.6 is 39.0 Å². The van der Waals surface area contributed by atoms with Gasteiger partial charge in [-0.05, 0) is 49.6 Å². The van der Waals surface area contributed by atoms with Gasteiger partial charge in [0, 0.05) is 16.7 Å². The summed E-state index contributed by atoms with van der Waals surface area (Å²) in [4.78, 5) is 44.0. The van der Waals surface area contributed by atoms with E-state index in [9.17, 15) is 14.4 Å². The summed E-state index contributed by atoms with van der Waals surface area (Å²) in [7, 11) is 0. The van der Waals surface area contributed by atoms with Crippen molar-refractivity contribution in [2.75, 3.05) is 29.6 Å². The standard InChI is InChI=1S/C24H24BrN3O4S2/c1-2-32-23(31)13-28-19-10-9-17(25)12-20(19)34-24(28)26-21(29)14-33-15-22(30)27-11-5-7-16-6-3-4-8-18(16)27/h3-4,6,8-10,12H,2,5,7,11,13-15H2,1H3. The molecule has 2 amide bonds. The van der Waals surface area contributed by atoms with E-state index >= 15 is 0 Å². The van der Waals surface area contributed by atoms with Crippen molar-refractivity contribution in [1.29, 1.82) is 0 Å². The summed E-state index contributed by atoms with van der Waals surface area (Å²) in [5.74, 6) is -0.453. The summed E-state index contributed by atoms with van der Waals surface area (Å²) in [5, 5.41) is 0. The first-order chi connectivity index (χ1) is 16.5. The fourth-order valence-corrected chi connectivity index (χ4v) is 6.13. The minimum absolute atomic E-state index is 0.00552. The molecule has 1 aliphatic heterocycles. The summed E-state index contributed by atoms with van der Waals surface area (Å²) >= 11 is 6.04. The molecule has 7 nitrogen and oxygen atoms in total. The first-order valence-corrected chi connectivity index (χ1v) is 13.7. The second kappa shape index (κ2) is 11.3. The molecule has 10 heteroatoms. The second-order valence-electron chi connectivity index (χ2n) is 7.66. The molecule has 178 valence electrons. The molecule has 1 aliphatic rings. The number of carbonyl (C=O) groups excluding carboxylic acids is 3. The molecule has 0 bridgehead atoms. The quantitative estimate of drug-likeness (QED) is 0.404. The molecule has 34 heavy (non-hydrogen) atoms. The van der Waals surface area contributed by atoms with Crippen LogP contribution < -0.4 is 9.70 Å². The summed E-state index contributed by atoms with van der Waals surface area (Å²) in [5.41, 5.74) is 2.95. The molecule has 3 aromatic rings. The first kappa shape index (κ1) is 24.7. The van der Waals surface area contributed by atoms with Crippen LogP contribution in [-0.4, -0.2) is 47.0 Å². The number of hydrogen-bond acceptors (Lipinski definition) is 6. The number of nitrogens with zero attached hydrogens (tertiary/aromatic N) is 3. The van der Waals surface area contributed by atoms with Crippen molar-refractivity contribution in [1.82, 2.24) is 4.57 Å². The van der Waals surface area contributed by atoms with E-state index in [-0.39, 0.29) is 42.4 Å². The molecule has 2 aromatic carbocycles. The van der Waals surface area contributed by atoms with Crippen LogP contribution in [0.2, 0.25) is 0 Å². The third-order valence-corrected chi connectivity index (χ3v) is 7.76. The van der Waals surface area contributed by atoms with Crippen LogP contribution in [0.5, 0.6) is 0 Å². The van der Waals surface area contributed by atoms with Gasteiger partial charge in [-0.3, -0.25) is 14.4 Å². The minimum Gasteiger partial charge on any atom is -0.465 e. The monoisotopic (exact) mass is 561 g/mol. The van der Waals surface area contributed by atoms with E-state index in [4.69, 9.17) is 4.74 Å². The highest BCUT2D eigenvalue weighted by Gasteiger charge is 2.22. The zero-order valence-corrected chi connectivity index (χ0v) is 21.9. The van der Waals surface area contributed by atoms with Gasteiger partial charge in [0.2, 0.25) is 5.91 Å². The summed E-state index contributed by atoms with van der Waals surface area (Å²) in [6.45, 7) is 2.70. The maximum Gasteiger partial charge on any atom is 0.326 e. The van der Waals surface area contributed by atoms with Crippen molar-refractivity contribution in [3.63, 3.8) is 0 Å². The average molecular weight is 563 g/mol. The number of anilines is 1. The number of rotatable bonds is 7. The Kier molecular flexibility index (Phi) is 8.23. The van der Waals surface area contributed by atoms with Crippen LogP contribution in [0, 0.1) is 0 Å². The van der Waals surface area contributed by atoms with Crippen LogP contribution in [-0.2, 0) is 32.1 Å². The number of thioether (sulfide) groups is 1. The van der Waals surface area contributed by atoms with Gasteiger partial charge < -0.3 is 14.2 Å². The Hall–Kier alpha value is -2.43. The van der Waals surface area contributed by atoms with Crippen LogP contribution in [0.4, 0.5) is 5.69 Å². The molecule has 0 aliphatic carbocycles. The molecule has 0 saturated heterocycles. The predicted molar refractivity (Wildman–Crippen MR) is 139 cm³/mol. The fourth-order valence-electron chi connectivity index (χ4n) is 3.86. The Morgan fingerprint density at radius 3 is 2.82 bits per heavy atom. The van der Waals surface area contributed by atoms with E-state index in [1.54, 1.807) is 11.5 Å². The molecule has 0 radical (unpaired) electrons. The minimum atomic E-state index is -0.388. The highest BCUT2D eigenvalue weighted by molar-refractivity contribution is 9.10. The summed E-state index contributed by atoms with van der Waals surface area (Å²) in [6.07, 6.45) is 1.91. The lowest BCUT2D eigenvalue weighted by molar-refractivity contribution is -0.143. The van der Waals surface area contributed by atoms with Gasteiger partial charge in [-0.1, -0.05) is 45.5 Å². The summed E-state index contributed by atoms with van der Waals surface area (Å²) in [6, 6.07) is 13.6. The normalized spacial score (nSPS) is 13.7. The topological polar surface area (TPSA) is 81.0 Å². The molecule has 4 rings (SSSR count). The SMILES string of the molecule is CCOC(=O)Cn1c(=NC(=O)CSCC(=O)N2CCCc3ccccc32)sc2cc(Br)ccc21. The van der Waals surface area contributed by atoms with Crippen LogP contribution in [0.1, 0.15) is 18.9 Å². The molecular formula is C24H24BrN3O4S2. The number of carbonyl (C=O) groups is 3. The highest BCUT2D eigenvalue weighted by atomic mass is 79.9. The molecule has 0 atom stereocenters. The van der Waals surface area contributed by atoms with E-state index in [1.807, 2.05) is 41.3 Å².